The summed E-state index contributed by atoms with van der Waals surface area (Å²) in [6.07, 6.45) is 6.06. The van der Waals surface area contributed by atoms with E-state index in [2.05, 4.69) is 19.2 Å². The zero-order valence-electron chi connectivity index (χ0n) is 18.3. The molecule has 2 heterocycles. The predicted octanol–water partition coefficient (Wildman–Crippen LogP) is 5.64. The van der Waals surface area contributed by atoms with E-state index in [0.717, 1.165) is 40.1 Å². The predicted molar refractivity (Wildman–Crippen MR) is 129 cm³/mol. The number of pyridine rings is 1. The van der Waals surface area contributed by atoms with Crippen LogP contribution in [-0.4, -0.2) is 11.2 Å². The van der Waals surface area contributed by atoms with Crippen LogP contribution in [-0.2, 0) is 19.6 Å². The summed E-state index contributed by atoms with van der Waals surface area (Å²) in [4.78, 5) is 12.8. The summed E-state index contributed by atoms with van der Waals surface area (Å²) in [5.41, 5.74) is 6.06. The van der Waals surface area contributed by atoms with E-state index in [1.54, 1.807) is 18.2 Å². The maximum atomic E-state index is 12.8. The van der Waals surface area contributed by atoms with Gasteiger partial charge in [0, 0.05) is 23.7 Å². The third-order valence-electron chi connectivity index (χ3n) is 5.69. The van der Waals surface area contributed by atoms with Gasteiger partial charge in [0.2, 0.25) is 0 Å². The first-order valence-corrected chi connectivity index (χ1v) is 10.7. The molecule has 162 valence electrons. The lowest BCUT2D eigenvalue weighted by molar-refractivity contribution is 0.306. The van der Waals surface area contributed by atoms with Crippen molar-refractivity contribution in [1.82, 2.24) is 4.57 Å². The summed E-state index contributed by atoms with van der Waals surface area (Å²) < 4.78 is 13.8. The van der Waals surface area contributed by atoms with Crippen LogP contribution >= 0.6 is 0 Å². The van der Waals surface area contributed by atoms with Gasteiger partial charge in [-0.25, -0.2) is 0 Å². The molecule has 0 N–H and O–H groups in total. The lowest BCUT2D eigenvalue weighted by Crippen LogP contribution is -2.27. The van der Waals surface area contributed by atoms with Crippen molar-refractivity contribution in [3.63, 3.8) is 0 Å². The van der Waals surface area contributed by atoms with Crippen molar-refractivity contribution in [2.45, 2.75) is 26.5 Å². The normalized spacial score (nSPS) is 12.5. The smallest absolute Gasteiger partial charge is 0.254 e. The van der Waals surface area contributed by atoms with Gasteiger partial charge in [-0.2, -0.15) is 0 Å². The number of fused-ring (bicyclic) bond motifs is 3. The van der Waals surface area contributed by atoms with Crippen LogP contribution in [0.1, 0.15) is 16.7 Å². The molecule has 1 aliphatic heterocycles. The number of hydrogen-bond acceptors (Lipinski definition) is 3. The van der Waals surface area contributed by atoms with Crippen LogP contribution in [0.2, 0.25) is 0 Å². The van der Waals surface area contributed by atoms with Gasteiger partial charge in [0.25, 0.3) is 5.56 Å². The third-order valence-corrected chi connectivity index (χ3v) is 5.69. The molecule has 0 atom stereocenters. The van der Waals surface area contributed by atoms with Crippen LogP contribution in [0.25, 0.3) is 11.3 Å². The van der Waals surface area contributed by atoms with Gasteiger partial charge >= 0.3 is 0 Å². The number of benzene rings is 2. The first kappa shape index (κ1) is 21.4. The maximum Gasteiger partial charge on any atom is 0.254 e. The Morgan fingerprint density at radius 2 is 1.91 bits per heavy atom. The molecular formula is C28H27NO3. The van der Waals surface area contributed by atoms with Crippen LogP contribution in [0.3, 0.4) is 0 Å². The highest BCUT2D eigenvalue weighted by Gasteiger charge is 2.22. The van der Waals surface area contributed by atoms with E-state index in [1.165, 1.54) is 5.56 Å². The second-order valence-corrected chi connectivity index (χ2v) is 7.79. The van der Waals surface area contributed by atoms with Crippen LogP contribution in [0.15, 0.2) is 96.4 Å². The fourth-order valence-electron chi connectivity index (χ4n) is 4.01. The number of ether oxygens (including phenoxy) is 2. The Hall–Kier alpha value is -3.79. The minimum atomic E-state index is -0.0523. The van der Waals surface area contributed by atoms with Gasteiger partial charge in [0.05, 0.1) is 5.69 Å². The number of aryl methyl sites for hydroxylation is 1. The Balaban J connectivity index is 1.62. The van der Waals surface area contributed by atoms with Crippen molar-refractivity contribution in [1.29, 1.82) is 0 Å². The summed E-state index contributed by atoms with van der Waals surface area (Å²) >= 11 is 0. The number of hydrogen-bond donors (Lipinski definition) is 0. The van der Waals surface area contributed by atoms with Crippen LogP contribution in [0.5, 0.6) is 11.5 Å². The molecule has 2 aromatic carbocycles. The second kappa shape index (κ2) is 9.56. The Morgan fingerprint density at radius 1 is 1.09 bits per heavy atom. The molecule has 0 saturated carbocycles. The molecular weight excluding hydrogens is 398 g/mol. The summed E-state index contributed by atoms with van der Waals surface area (Å²) in [6.45, 7) is 11.0. The van der Waals surface area contributed by atoms with Crippen molar-refractivity contribution in [2.24, 2.45) is 0 Å². The monoisotopic (exact) mass is 425 g/mol. The second-order valence-electron chi connectivity index (χ2n) is 7.79. The van der Waals surface area contributed by atoms with Gasteiger partial charge in [-0.1, -0.05) is 61.7 Å². The Morgan fingerprint density at radius 3 is 2.66 bits per heavy atom. The molecule has 4 rings (SSSR count). The highest BCUT2D eigenvalue weighted by atomic mass is 16.5. The molecule has 4 nitrogen and oxygen atoms in total. The Bertz CT molecular complexity index is 1240. The fraction of sp³-hybridized carbons (Fsp3) is 0.179. The summed E-state index contributed by atoms with van der Waals surface area (Å²) in [7, 11) is 0. The molecule has 0 bridgehead atoms. The highest BCUT2D eigenvalue weighted by molar-refractivity contribution is 5.71. The summed E-state index contributed by atoms with van der Waals surface area (Å²) in [5, 5.41) is 0. The molecule has 1 aromatic heterocycles. The number of allylic oxidation sites excluding steroid dienone is 2. The minimum Gasteiger partial charge on any atom is -0.489 e. The van der Waals surface area contributed by atoms with Crippen molar-refractivity contribution in [2.75, 3.05) is 6.61 Å². The van der Waals surface area contributed by atoms with Crippen LogP contribution in [0, 0.1) is 6.92 Å². The van der Waals surface area contributed by atoms with Gasteiger partial charge < -0.3 is 14.0 Å². The largest absolute Gasteiger partial charge is 0.489 e. The van der Waals surface area contributed by atoms with Crippen LogP contribution < -0.4 is 15.0 Å². The number of aromatic nitrogens is 1. The molecule has 1 aliphatic rings. The number of rotatable bonds is 8. The zero-order valence-corrected chi connectivity index (χ0v) is 18.3. The van der Waals surface area contributed by atoms with E-state index in [1.807, 2.05) is 60.0 Å². The van der Waals surface area contributed by atoms with E-state index in [-0.39, 0.29) is 5.56 Å². The third kappa shape index (κ3) is 4.45. The van der Waals surface area contributed by atoms with E-state index in [9.17, 15) is 4.79 Å². The van der Waals surface area contributed by atoms with E-state index >= 15 is 0 Å². The van der Waals surface area contributed by atoms with Crippen LogP contribution in [0.4, 0.5) is 0 Å². The molecule has 0 unspecified atom stereocenters. The standard InChI is InChI=1S/C28H27NO3/c1-4-9-21(5-2)18-32-26-17-27(30)29-15-14-23-16-24(12-13-25(23)28(29)20(26)3)31-19-22-10-7-6-8-11-22/h4-13,16-17H,1-2,14-15,18-19H2,3H3/b21-9+. The summed E-state index contributed by atoms with van der Waals surface area (Å²) in [5.74, 6) is 1.42. The first-order chi connectivity index (χ1) is 15.6. The van der Waals surface area contributed by atoms with Crippen molar-refractivity contribution >= 4 is 0 Å². The average molecular weight is 426 g/mol. The van der Waals surface area contributed by atoms with E-state index in [0.29, 0.717) is 25.5 Å². The molecule has 0 amide bonds. The van der Waals surface area contributed by atoms with Gasteiger partial charge in [-0.3, -0.25) is 4.79 Å². The average Bonchev–Trinajstić information content (AvgIpc) is 2.83. The SMILES string of the molecule is C=C/C=C(\C=C)COc1cc(=O)n2c(c1C)-c1ccc(OCc3ccccc3)cc1CC2. The lowest BCUT2D eigenvalue weighted by Gasteiger charge is -2.25. The van der Waals surface area contributed by atoms with Gasteiger partial charge in [-0.05, 0) is 48.2 Å². The minimum absolute atomic E-state index is 0.0523. The van der Waals surface area contributed by atoms with E-state index < -0.39 is 0 Å². The van der Waals surface area contributed by atoms with Crippen molar-refractivity contribution in [3.05, 3.63) is 119 Å². The number of nitrogens with zero attached hydrogens (tertiary/aromatic N) is 1. The summed E-state index contributed by atoms with van der Waals surface area (Å²) in [6, 6.07) is 17.8. The van der Waals surface area contributed by atoms with Gasteiger partial charge in [0.1, 0.15) is 24.7 Å². The topological polar surface area (TPSA) is 40.5 Å². The molecule has 4 heteroatoms. The van der Waals surface area contributed by atoms with Gasteiger partial charge in [-0.15, -0.1) is 0 Å². The molecule has 0 fully saturated rings. The van der Waals surface area contributed by atoms with Gasteiger partial charge in [0.15, 0.2) is 0 Å². The lowest BCUT2D eigenvalue weighted by atomic mass is 9.94. The van der Waals surface area contributed by atoms with E-state index in [4.69, 9.17) is 9.47 Å². The van der Waals surface area contributed by atoms with Crippen molar-refractivity contribution in [3.8, 4) is 22.8 Å². The molecule has 32 heavy (non-hydrogen) atoms. The molecule has 0 radical (unpaired) electrons. The zero-order chi connectivity index (χ0) is 22.5. The molecule has 0 aliphatic carbocycles. The first-order valence-electron chi connectivity index (χ1n) is 10.7. The molecule has 0 spiro atoms. The molecule has 0 saturated heterocycles. The maximum absolute atomic E-state index is 12.8. The van der Waals surface area contributed by atoms with Crippen molar-refractivity contribution < 1.29 is 9.47 Å². The fourth-order valence-corrected chi connectivity index (χ4v) is 4.01. The highest BCUT2D eigenvalue weighted by Crippen LogP contribution is 2.36. The Labute approximate surface area is 188 Å². The molecule has 3 aromatic rings. The quantitative estimate of drug-likeness (QED) is 0.439. The Kier molecular flexibility index (Phi) is 6.41.